The molecule has 0 bridgehead atoms. The lowest BCUT2D eigenvalue weighted by Crippen LogP contribution is -2.35. The highest BCUT2D eigenvalue weighted by Crippen LogP contribution is 2.31. The Morgan fingerprint density at radius 2 is 2.17 bits per heavy atom. The fraction of sp³-hybridized carbons (Fsp3) is 0.538. The second-order valence-corrected chi connectivity index (χ2v) is 5.69. The van der Waals surface area contributed by atoms with E-state index in [-0.39, 0.29) is 12.1 Å². The van der Waals surface area contributed by atoms with Crippen molar-refractivity contribution < 1.29 is 0 Å². The van der Waals surface area contributed by atoms with Gasteiger partial charge in [-0.05, 0) is 43.0 Å². The molecule has 0 amide bonds. The van der Waals surface area contributed by atoms with Gasteiger partial charge in [0.15, 0.2) is 0 Å². The van der Waals surface area contributed by atoms with Crippen molar-refractivity contribution in [3.8, 4) is 0 Å². The Kier molecular flexibility index (Phi) is 4.87. The average molecular weight is 288 g/mol. The normalized spacial score (nSPS) is 25.3. The molecule has 3 atom stereocenters. The lowest BCUT2D eigenvalue weighted by Gasteiger charge is -2.14. The summed E-state index contributed by atoms with van der Waals surface area (Å²) in [5, 5.41) is 1.46. The first kappa shape index (κ1) is 14.1. The molecule has 1 aliphatic rings. The molecule has 4 N–H and O–H groups in total. The van der Waals surface area contributed by atoms with Crippen LogP contribution in [0.1, 0.15) is 37.8 Å². The summed E-state index contributed by atoms with van der Waals surface area (Å²) in [6.07, 6.45) is 2.95. The first-order valence-corrected chi connectivity index (χ1v) is 7.07. The summed E-state index contributed by atoms with van der Waals surface area (Å²) in [5.41, 5.74) is 13.6. The number of halogens is 2. The minimum atomic E-state index is 0.199. The van der Waals surface area contributed by atoms with Crippen molar-refractivity contribution in [2.75, 3.05) is 0 Å². The molecule has 1 heterocycles. The third kappa shape index (κ3) is 3.37. The van der Waals surface area contributed by atoms with E-state index in [2.05, 4.69) is 17.8 Å². The molecule has 1 aromatic rings. The highest BCUT2D eigenvalue weighted by Gasteiger charge is 2.27. The Labute approximate surface area is 118 Å². The summed E-state index contributed by atoms with van der Waals surface area (Å²) < 4.78 is 0. The van der Waals surface area contributed by atoms with E-state index >= 15 is 0 Å². The molecule has 2 rings (SSSR count). The van der Waals surface area contributed by atoms with Gasteiger partial charge in [-0.25, -0.2) is 5.43 Å². The zero-order valence-corrected chi connectivity index (χ0v) is 11.9. The number of hydrogen-bond acceptors (Lipinski definition) is 3. The lowest BCUT2D eigenvalue weighted by atomic mass is 9.97. The zero-order valence-electron chi connectivity index (χ0n) is 10.4. The van der Waals surface area contributed by atoms with Crippen LogP contribution in [0.15, 0.2) is 18.2 Å². The molecule has 1 aromatic carbocycles. The predicted molar refractivity (Wildman–Crippen MR) is 76.8 cm³/mol. The number of nitrogens with one attached hydrogen (secondary N) is 2. The fourth-order valence-corrected chi connectivity index (χ4v) is 2.72. The quantitative estimate of drug-likeness (QED) is 0.798. The lowest BCUT2D eigenvalue weighted by molar-refractivity contribution is 0.460. The molecule has 5 heteroatoms. The topological polar surface area (TPSA) is 50.1 Å². The molecule has 1 aliphatic heterocycles. The molecule has 0 aliphatic carbocycles. The van der Waals surface area contributed by atoms with E-state index in [0.29, 0.717) is 11.1 Å². The van der Waals surface area contributed by atoms with E-state index in [4.69, 9.17) is 28.9 Å². The summed E-state index contributed by atoms with van der Waals surface area (Å²) in [6, 6.07) is 6.40. The van der Waals surface area contributed by atoms with Gasteiger partial charge in [0.2, 0.25) is 0 Å². The first-order chi connectivity index (χ1) is 8.60. The Hall–Kier alpha value is -0.320. The van der Waals surface area contributed by atoms with Gasteiger partial charge in [0, 0.05) is 28.2 Å². The molecular weight excluding hydrogens is 269 g/mol. The van der Waals surface area contributed by atoms with Crippen LogP contribution in [0.3, 0.4) is 0 Å². The maximum atomic E-state index is 6.21. The second kappa shape index (κ2) is 6.22. The van der Waals surface area contributed by atoms with E-state index in [1.54, 1.807) is 6.07 Å². The second-order valence-electron chi connectivity index (χ2n) is 4.84. The van der Waals surface area contributed by atoms with Crippen molar-refractivity contribution in [3.05, 3.63) is 33.8 Å². The SMILES string of the molecule is CCC(N)CC1CC(c2cc(Cl)ccc2Cl)NN1. The summed E-state index contributed by atoms with van der Waals surface area (Å²) in [7, 11) is 0. The smallest absolute Gasteiger partial charge is 0.0493 e. The van der Waals surface area contributed by atoms with Gasteiger partial charge < -0.3 is 5.73 Å². The van der Waals surface area contributed by atoms with Gasteiger partial charge >= 0.3 is 0 Å². The Balaban J connectivity index is 2.02. The molecule has 0 aromatic heterocycles. The molecule has 3 nitrogen and oxygen atoms in total. The maximum Gasteiger partial charge on any atom is 0.0493 e. The van der Waals surface area contributed by atoms with E-state index in [9.17, 15) is 0 Å². The van der Waals surface area contributed by atoms with Crippen LogP contribution in [0, 0.1) is 0 Å². The minimum Gasteiger partial charge on any atom is -0.328 e. The van der Waals surface area contributed by atoms with E-state index in [1.807, 2.05) is 12.1 Å². The van der Waals surface area contributed by atoms with Gasteiger partial charge in [0.05, 0.1) is 0 Å². The molecule has 1 fully saturated rings. The zero-order chi connectivity index (χ0) is 13.1. The highest BCUT2D eigenvalue weighted by molar-refractivity contribution is 6.33. The maximum absolute atomic E-state index is 6.21. The number of hydrogen-bond donors (Lipinski definition) is 3. The third-order valence-corrected chi connectivity index (χ3v) is 4.01. The first-order valence-electron chi connectivity index (χ1n) is 6.31. The summed E-state index contributed by atoms with van der Waals surface area (Å²) >= 11 is 12.2. The number of benzene rings is 1. The molecule has 3 unspecified atom stereocenters. The molecule has 100 valence electrons. The van der Waals surface area contributed by atoms with Gasteiger partial charge in [0.25, 0.3) is 0 Å². The van der Waals surface area contributed by atoms with Crippen molar-refractivity contribution in [2.24, 2.45) is 5.73 Å². The van der Waals surface area contributed by atoms with Gasteiger partial charge in [0.1, 0.15) is 0 Å². The van der Waals surface area contributed by atoms with Crippen molar-refractivity contribution in [1.82, 2.24) is 10.9 Å². The molecule has 0 saturated carbocycles. The monoisotopic (exact) mass is 287 g/mol. The fourth-order valence-electron chi connectivity index (χ4n) is 2.29. The van der Waals surface area contributed by atoms with Crippen LogP contribution < -0.4 is 16.6 Å². The van der Waals surface area contributed by atoms with Crippen molar-refractivity contribution in [1.29, 1.82) is 0 Å². The summed E-state index contributed by atoms with van der Waals surface area (Å²) in [5.74, 6) is 0. The molecular formula is C13H19Cl2N3. The largest absolute Gasteiger partial charge is 0.328 e. The van der Waals surface area contributed by atoms with Crippen LogP contribution in [0.5, 0.6) is 0 Å². The molecule has 0 radical (unpaired) electrons. The van der Waals surface area contributed by atoms with E-state index < -0.39 is 0 Å². The predicted octanol–water partition coefficient (Wildman–Crippen LogP) is 3.03. The average Bonchev–Trinajstić information content (AvgIpc) is 2.80. The van der Waals surface area contributed by atoms with Crippen LogP contribution in [0.25, 0.3) is 0 Å². The van der Waals surface area contributed by atoms with Crippen LogP contribution in [0.4, 0.5) is 0 Å². The minimum absolute atomic E-state index is 0.199. The number of hydrazine groups is 1. The number of nitrogens with two attached hydrogens (primary N) is 1. The van der Waals surface area contributed by atoms with Crippen LogP contribution in [0.2, 0.25) is 10.0 Å². The van der Waals surface area contributed by atoms with Crippen LogP contribution in [-0.4, -0.2) is 12.1 Å². The molecule has 0 spiro atoms. The Morgan fingerprint density at radius 1 is 1.39 bits per heavy atom. The van der Waals surface area contributed by atoms with Gasteiger partial charge in [-0.1, -0.05) is 30.1 Å². The van der Waals surface area contributed by atoms with Gasteiger partial charge in [-0.15, -0.1) is 0 Å². The summed E-state index contributed by atoms with van der Waals surface area (Å²) in [6.45, 7) is 2.11. The third-order valence-electron chi connectivity index (χ3n) is 3.43. The van der Waals surface area contributed by atoms with Gasteiger partial charge in [-0.2, -0.15) is 0 Å². The summed E-state index contributed by atoms with van der Waals surface area (Å²) in [4.78, 5) is 0. The van der Waals surface area contributed by atoms with Gasteiger partial charge in [-0.3, -0.25) is 5.43 Å². The van der Waals surface area contributed by atoms with Crippen LogP contribution in [-0.2, 0) is 0 Å². The van der Waals surface area contributed by atoms with Crippen LogP contribution >= 0.6 is 23.2 Å². The van der Waals surface area contributed by atoms with E-state index in [0.717, 1.165) is 29.8 Å². The molecule has 18 heavy (non-hydrogen) atoms. The highest BCUT2D eigenvalue weighted by atomic mass is 35.5. The Bertz CT molecular complexity index is 411. The molecule has 1 saturated heterocycles. The van der Waals surface area contributed by atoms with Crippen molar-refractivity contribution in [3.63, 3.8) is 0 Å². The number of rotatable bonds is 4. The Morgan fingerprint density at radius 3 is 2.89 bits per heavy atom. The van der Waals surface area contributed by atoms with Crippen molar-refractivity contribution in [2.45, 2.75) is 44.3 Å². The van der Waals surface area contributed by atoms with E-state index in [1.165, 1.54) is 0 Å². The standard InChI is InChI=1S/C13H19Cl2N3/c1-2-9(16)6-10-7-13(18-17-10)11-5-8(14)3-4-12(11)15/h3-5,9-10,13,17-18H,2,6-7,16H2,1H3. The van der Waals surface area contributed by atoms with Crippen molar-refractivity contribution >= 4 is 23.2 Å².